The first kappa shape index (κ1) is 23.5. The number of methoxy groups -OCH3 is 1. The van der Waals surface area contributed by atoms with Gasteiger partial charge >= 0.3 is 5.97 Å². The number of fused-ring (bicyclic) bond motifs is 1. The van der Waals surface area contributed by atoms with Crippen molar-refractivity contribution < 1.29 is 9.53 Å². The zero-order chi connectivity index (χ0) is 25.4. The number of nitrogens with one attached hydrogen (secondary N) is 2. The number of carbonyl (C=O) groups excluding carboxylic acids is 1. The molecule has 11 nitrogen and oxygen atoms in total. The van der Waals surface area contributed by atoms with Crippen LogP contribution in [0.1, 0.15) is 10.5 Å². The van der Waals surface area contributed by atoms with Crippen molar-refractivity contribution in [3.05, 3.63) is 48.7 Å². The second-order valence-electron chi connectivity index (χ2n) is 8.96. The number of nitrogens with zero attached hydrogens (tertiary/aromatic N) is 7. The number of esters is 1. The summed E-state index contributed by atoms with van der Waals surface area (Å²) in [5.41, 5.74) is 4.69. The molecule has 0 saturated carbocycles. The number of likely N-dealkylation sites (N-methyl/N-ethyl adjacent to an activating group) is 1. The summed E-state index contributed by atoms with van der Waals surface area (Å²) in [6.45, 7) is 2.01. The molecule has 186 valence electrons. The van der Waals surface area contributed by atoms with Gasteiger partial charge in [0.2, 0.25) is 0 Å². The molecule has 4 aromatic rings. The SMILES string of the molecule is CNc1nc(Nc2ccc(N3CC(N(C)C)C3)cc2)c(C(=O)OC)nc1-c1cncc2c1ncn2C. The van der Waals surface area contributed by atoms with Gasteiger partial charge in [-0.15, -0.1) is 0 Å². The summed E-state index contributed by atoms with van der Waals surface area (Å²) in [5, 5.41) is 6.32. The Balaban J connectivity index is 1.48. The van der Waals surface area contributed by atoms with Gasteiger partial charge in [-0.3, -0.25) is 4.98 Å². The number of anilines is 4. The van der Waals surface area contributed by atoms with Gasteiger partial charge in [0.05, 0.1) is 30.7 Å². The van der Waals surface area contributed by atoms with Crippen LogP contribution in [0.25, 0.3) is 22.3 Å². The third-order valence-electron chi connectivity index (χ3n) is 6.49. The fraction of sp³-hybridized carbons (Fsp3) is 0.320. The number of rotatable bonds is 7. The van der Waals surface area contributed by atoms with Crippen molar-refractivity contribution in [3.8, 4) is 11.3 Å². The molecular formula is C25H29N9O2. The smallest absolute Gasteiger partial charge is 0.360 e. The quantitative estimate of drug-likeness (QED) is 0.377. The Kier molecular flexibility index (Phi) is 6.15. The largest absolute Gasteiger partial charge is 0.464 e. The normalized spacial score (nSPS) is 13.7. The number of aromatic nitrogens is 5. The highest BCUT2D eigenvalue weighted by molar-refractivity contribution is 5.98. The lowest BCUT2D eigenvalue weighted by molar-refractivity contribution is 0.0595. The van der Waals surface area contributed by atoms with Gasteiger partial charge in [-0.1, -0.05) is 0 Å². The second-order valence-corrected chi connectivity index (χ2v) is 8.96. The second kappa shape index (κ2) is 9.42. The van der Waals surface area contributed by atoms with E-state index < -0.39 is 5.97 Å². The molecule has 11 heteroatoms. The highest BCUT2D eigenvalue weighted by Crippen LogP contribution is 2.33. The van der Waals surface area contributed by atoms with Gasteiger partial charge in [0.15, 0.2) is 17.3 Å². The van der Waals surface area contributed by atoms with Crippen LogP contribution in [0.2, 0.25) is 0 Å². The fourth-order valence-corrected chi connectivity index (χ4v) is 4.22. The monoisotopic (exact) mass is 487 g/mol. The number of benzene rings is 1. The number of carbonyl (C=O) groups is 1. The number of pyridine rings is 1. The third-order valence-corrected chi connectivity index (χ3v) is 6.49. The summed E-state index contributed by atoms with van der Waals surface area (Å²) in [7, 11) is 9.18. The Morgan fingerprint density at radius 2 is 1.86 bits per heavy atom. The number of imidazole rings is 1. The Morgan fingerprint density at radius 1 is 1.11 bits per heavy atom. The van der Waals surface area contributed by atoms with Gasteiger partial charge in [0.25, 0.3) is 0 Å². The highest BCUT2D eigenvalue weighted by Gasteiger charge is 2.28. The average molecular weight is 488 g/mol. The zero-order valence-electron chi connectivity index (χ0n) is 21.0. The molecule has 0 atom stereocenters. The van der Waals surface area contributed by atoms with E-state index in [2.05, 4.69) is 61.6 Å². The van der Waals surface area contributed by atoms with E-state index in [9.17, 15) is 4.79 Å². The standard InChI is InChI=1S/C25H29N9O2/c1-26-23-21(18-10-27-11-19-20(18)28-14-33(19)4)30-22(25(35)36-5)24(31-23)29-15-6-8-16(9-7-15)34-12-17(13-34)32(2)3/h6-11,14,17H,12-13H2,1-5H3,(H2,26,29,31). The molecule has 0 bridgehead atoms. The Labute approximate surface area is 209 Å². The summed E-state index contributed by atoms with van der Waals surface area (Å²) in [6.07, 6.45) is 5.12. The van der Waals surface area contributed by atoms with Crippen molar-refractivity contribution in [1.82, 2.24) is 29.4 Å². The van der Waals surface area contributed by atoms with Crippen LogP contribution in [-0.2, 0) is 11.8 Å². The lowest BCUT2D eigenvalue weighted by atomic mass is 10.1. The van der Waals surface area contributed by atoms with Crippen LogP contribution in [0.5, 0.6) is 0 Å². The summed E-state index contributed by atoms with van der Waals surface area (Å²) in [5.74, 6) is 0.180. The maximum atomic E-state index is 12.7. The number of ether oxygens (including phenoxy) is 1. The van der Waals surface area contributed by atoms with Crippen LogP contribution in [0.3, 0.4) is 0 Å². The Bertz CT molecular complexity index is 1410. The van der Waals surface area contributed by atoms with E-state index in [1.165, 1.54) is 7.11 Å². The molecule has 1 saturated heterocycles. The number of hydrogen-bond acceptors (Lipinski definition) is 10. The lowest BCUT2D eigenvalue weighted by Crippen LogP contribution is -2.57. The zero-order valence-corrected chi connectivity index (χ0v) is 21.0. The molecule has 1 aliphatic heterocycles. The van der Waals surface area contributed by atoms with Gasteiger partial charge in [-0.25, -0.2) is 19.7 Å². The highest BCUT2D eigenvalue weighted by atomic mass is 16.5. The molecule has 1 fully saturated rings. The van der Waals surface area contributed by atoms with E-state index in [4.69, 9.17) is 9.72 Å². The van der Waals surface area contributed by atoms with Crippen molar-refractivity contribution in [2.24, 2.45) is 7.05 Å². The van der Waals surface area contributed by atoms with Crippen molar-refractivity contribution >= 4 is 40.0 Å². The molecule has 0 spiro atoms. The van der Waals surface area contributed by atoms with Gasteiger partial charge < -0.3 is 29.7 Å². The minimum atomic E-state index is -0.595. The topological polar surface area (TPSA) is 113 Å². The maximum Gasteiger partial charge on any atom is 0.360 e. The van der Waals surface area contributed by atoms with Crippen molar-refractivity contribution in [3.63, 3.8) is 0 Å². The average Bonchev–Trinajstić information content (AvgIpc) is 3.24. The van der Waals surface area contributed by atoms with Crippen LogP contribution in [-0.4, -0.2) is 82.8 Å². The predicted molar refractivity (Wildman–Crippen MR) is 140 cm³/mol. The van der Waals surface area contributed by atoms with Gasteiger partial charge in [0.1, 0.15) is 11.2 Å². The van der Waals surface area contributed by atoms with E-state index in [1.807, 2.05) is 23.7 Å². The molecule has 36 heavy (non-hydrogen) atoms. The first-order valence-corrected chi connectivity index (χ1v) is 11.6. The van der Waals surface area contributed by atoms with Crippen molar-refractivity contribution in [2.45, 2.75) is 6.04 Å². The minimum Gasteiger partial charge on any atom is -0.464 e. The number of aryl methyl sites for hydroxylation is 1. The van der Waals surface area contributed by atoms with Crippen LogP contribution in [0.4, 0.5) is 23.0 Å². The van der Waals surface area contributed by atoms with Crippen LogP contribution in [0.15, 0.2) is 43.0 Å². The molecular weight excluding hydrogens is 458 g/mol. The molecule has 1 aromatic carbocycles. The van der Waals surface area contributed by atoms with Crippen molar-refractivity contribution in [2.75, 3.05) is 56.9 Å². The van der Waals surface area contributed by atoms with Crippen LogP contribution >= 0.6 is 0 Å². The molecule has 2 N–H and O–H groups in total. The Hall–Kier alpha value is -4.25. The van der Waals surface area contributed by atoms with Gasteiger partial charge in [-0.2, -0.15) is 0 Å². The summed E-state index contributed by atoms with van der Waals surface area (Å²) >= 11 is 0. The van der Waals surface area contributed by atoms with E-state index in [1.54, 1.807) is 25.8 Å². The summed E-state index contributed by atoms with van der Waals surface area (Å²) < 4.78 is 6.90. The molecule has 5 rings (SSSR count). The predicted octanol–water partition coefficient (Wildman–Crippen LogP) is 2.75. The maximum absolute atomic E-state index is 12.7. The molecule has 0 amide bonds. The molecule has 0 unspecified atom stereocenters. The van der Waals surface area contributed by atoms with Crippen LogP contribution < -0.4 is 15.5 Å². The molecule has 3 aromatic heterocycles. The van der Waals surface area contributed by atoms with E-state index in [-0.39, 0.29) is 5.69 Å². The summed E-state index contributed by atoms with van der Waals surface area (Å²) in [4.78, 5) is 35.5. The molecule has 0 radical (unpaired) electrons. The summed E-state index contributed by atoms with van der Waals surface area (Å²) in [6, 6.07) is 8.62. The van der Waals surface area contributed by atoms with Gasteiger partial charge in [-0.05, 0) is 38.4 Å². The first-order valence-electron chi connectivity index (χ1n) is 11.6. The van der Waals surface area contributed by atoms with E-state index in [0.29, 0.717) is 34.5 Å². The molecule has 4 heterocycles. The minimum absolute atomic E-state index is 0.0695. The Morgan fingerprint density at radius 3 is 2.53 bits per heavy atom. The van der Waals surface area contributed by atoms with Gasteiger partial charge in [0, 0.05) is 50.8 Å². The molecule has 1 aliphatic rings. The van der Waals surface area contributed by atoms with Crippen LogP contribution in [0, 0.1) is 0 Å². The van der Waals surface area contributed by atoms with Crippen molar-refractivity contribution in [1.29, 1.82) is 0 Å². The van der Waals surface area contributed by atoms with E-state index in [0.717, 1.165) is 30.0 Å². The molecule has 0 aliphatic carbocycles. The first-order chi connectivity index (χ1) is 17.4. The number of hydrogen-bond donors (Lipinski definition) is 2. The third kappa shape index (κ3) is 4.17. The lowest BCUT2D eigenvalue weighted by Gasteiger charge is -2.44. The van der Waals surface area contributed by atoms with E-state index >= 15 is 0 Å². The fourth-order valence-electron chi connectivity index (χ4n) is 4.22.